The van der Waals surface area contributed by atoms with Gasteiger partial charge in [0.05, 0.1) is 11.3 Å². The maximum atomic E-state index is 13.1. The van der Waals surface area contributed by atoms with E-state index >= 15 is 0 Å². The van der Waals surface area contributed by atoms with E-state index < -0.39 is 0 Å². The van der Waals surface area contributed by atoms with Crippen LogP contribution in [0.3, 0.4) is 0 Å². The van der Waals surface area contributed by atoms with E-state index in [1.54, 1.807) is 27.7 Å². The van der Waals surface area contributed by atoms with Gasteiger partial charge in [-0.2, -0.15) is 10.2 Å². The molecule has 5 rings (SSSR count). The molecule has 1 aliphatic rings. The van der Waals surface area contributed by atoms with Crippen LogP contribution in [0.1, 0.15) is 50.1 Å². The van der Waals surface area contributed by atoms with E-state index in [1.165, 1.54) is 11.1 Å². The summed E-state index contributed by atoms with van der Waals surface area (Å²) in [5.41, 5.74) is 4.64. The van der Waals surface area contributed by atoms with Crippen molar-refractivity contribution in [3.8, 4) is 11.9 Å². The van der Waals surface area contributed by atoms with Gasteiger partial charge in [-0.15, -0.1) is 0 Å². The smallest absolute Gasteiger partial charge is 0.278 e. The summed E-state index contributed by atoms with van der Waals surface area (Å²) in [6.07, 6.45) is 2.54. The van der Waals surface area contributed by atoms with Gasteiger partial charge in [0, 0.05) is 30.4 Å². The molecule has 0 spiro atoms. The normalized spacial score (nSPS) is 13.5. The van der Waals surface area contributed by atoms with Crippen LogP contribution in [-0.2, 0) is 24.9 Å². The summed E-state index contributed by atoms with van der Waals surface area (Å²) in [6.45, 7) is 10.2. The Morgan fingerprint density at radius 3 is 2.74 bits per heavy atom. The fourth-order valence-electron chi connectivity index (χ4n) is 4.52. The molecule has 0 bridgehead atoms. The van der Waals surface area contributed by atoms with Crippen LogP contribution >= 0.6 is 0 Å². The van der Waals surface area contributed by atoms with Crippen LogP contribution in [0.4, 0.5) is 11.6 Å². The molecule has 0 aliphatic carbocycles. The Morgan fingerprint density at radius 2 is 2.00 bits per heavy atom. The molecular formula is C26H28N8O. The molecule has 0 atom stereocenters. The first-order valence-electron chi connectivity index (χ1n) is 11.8. The molecule has 35 heavy (non-hydrogen) atoms. The number of hydrogen-bond acceptors (Lipinski definition) is 7. The fraction of sp³-hybridized carbons (Fsp3) is 0.346. The number of fused-ring (bicyclic) bond motifs is 2. The molecule has 0 amide bonds. The van der Waals surface area contributed by atoms with E-state index in [2.05, 4.69) is 33.8 Å². The number of rotatable bonds is 4. The van der Waals surface area contributed by atoms with Crippen molar-refractivity contribution in [1.29, 1.82) is 5.26 Å². The minimum atomic E-state index is -0.342. The molecule has 1 aromatic carbocycles. The van der Waals surface area contributed by atoms with Crippen molar-refractivity contribution in [1.82, 2.24) is 29.6 Å². The van der Waals surface area contributed by atoms with Gasteiger partial charge in [0.15, 0.2) is 11.5 Å². The van der Waals surface area contributed by atoms with Gasteiger partial charge < -0.3 is 10.6 Å². The van der Waals surface area contributed by atoms with Crippen molar-refractivity contribution in [2.45, 2.75) is 52.6 Å². The number of nitrogens with one attached hydrogen (secondary N) is 2. The molecule has 1 aliphatic heterocycles. The zero-order valence-electron chi connectivity index (χ0n) is 20.4. The summed E-state index contributed by atoms with van der Waals surface area (Å²) >= 11 is 0. The summed E-state index contributed by atoms with van der Waals surface area (Å²) in [5.74, 6) is 0.937. The minimum Gasteiger partial charge on any atom is -0.324 e. The van der Waals surface area contributed by atoms with Crippen LogP contribution in [0.5, 0.6) is 0 Å². The zero-order valence-corrected chi connectivity index (χ0v) is 20.4. The molecule has 178 valence electrons. The van der Waals surface area contributed by atoms with E-state index in [1.807, 2.05) is 33.8 Å². The molecule has 4 heterocycles. The highest BCUT2D eigenvalue weighted by Gasteiger charge is 2.23. The lowest BCUT2D eigenvalue weighted by Crippen LogP contribution is -2.23. The Hall–Kier alpha value is -4.03. The van der Waals surface area contributed by atoms with E-state index in [9.17, 15) is 10.1 Å². The van der Waals surface area contributed by atoms with Gasteiger partial charge >= 0.3 is 0 Å². The van der Waals surface area contributed by atoms with Crippen LogP contribution < -0.4 is 16.2 Å². The highest BCUT2D eigenvalue weighted by Crippen LogP contribution is 2.26. The minimum absolute atomic E-state index is 0.182. The van der Waals surface area contributed by atoms with Crippen molar-refractivity contribution in [3.05, 3.63) is 69.3 Å². The van der Waals surface area contributed by atoms with Gasteiger partial charge in [-0.1, -0.05) is 26.8 Å². The lowest BCUT2D eigenvalue weighted by atomic mass is 9.88. The average Bonchev–Trinajstić information content (AvgIpc) is 3.13. The number of aromatic nitrogens is 5. The van der Waals surface area contributed by atoms with Crippen molar-refractivity contribution in [2.24, 2.45) is 0 Å². The van der Waals surface area contributed by atoms with E-state index in [-0.39, 0.29) is 11.0 Å². The molecule has 4 aromatic rings. The van der Waals surface area contributed by atoms with Gasteiger partial charge in [-0.25, -0.2) is 19.3 Å². The number of pyridine rings is 1. The van der Waals surface area contributed by atoms with Gasteiger partial charge in [-0.3, -0.25) is 4.79 Å². The second kappa shape index (κ2) is 8.64. The Labute approximate surface area is 203 Å². The predicted molar refractivity (Wildman–Crippen MR) is 135 cm³/mol. The molecule has 0 saturated heterocycles. The second-order valence-corrected chi connectivity index (χ2v) is 9.73. The number of anilines is 2. The molecule has 0 saturated carbocycles. The maximum absolute atomic E-state index is 13.1. The maximum Gasteiger partial charge on any atom is 0.278 e. The SMILES string of the molecule is CCn1c(=O)c2cnc(Nc3ccc4c(c3)CCNC4)nc2n1-c1ccc(C#N)c(C(C)(C)C)n1. The van der Waals surface area contributed by atoms with Crippen molar-refractivity contribution in [2.75, 3.05) is 11.9 Å². The van der Waals surface area contributed by atoms with Gasteiger partial charge in [0.25, 0.3) is 5.56 Å². The van der Waals surface area contributed by atoms with E-state index in [4.69, 9.17) is 9.97 Å². The lowest BCUT2D eigenvalue weighted by Gasteiger charge is -2.20. The van der Waals surface area contributed by atoms with Gasteiger partial charge in [0.2, 0.25) is 5.95 Å². The molecule has 0 unspecified atom stereocenters. The first-order valence-corrected chi connectivity index (χ1v) is 11.8. The van der Waals surface area contributed by atoms with E-state index in [0.717, 1.165) is 25.2 Å². The van der Waals surface area contributed by atoms with Crippen LogP contribution in [0.25, 0.3) is 16.9 Å². The fourth-order valence-corrected chi connectivity index (χ4v) is 4.52. The van der Waals surface area contributed by atoms with Gasteiger partial charge in [-0.05, 0) is 55.3 Å². The highest BCUT2D eigenvalue weighted by atomic mass is 16.1. The summed E-state index contributed by atoms with van der Waals surface area (Å²) in [5, 5.41) is 16.7. The monoisotopic (exact) mass is 468 g/mol. The van der Waals surface area contributed by atoms with Crippen LogP contribution in [0.2, 0.25) is 0 Å². The van der Waals surface area contributed by atoms with Crippen molar-refractivity contribution < 1.29 is 0 Å². The standard InChI is InChI=1S/C26H28N8O/c1-5-33-24(35)20-15-29-25(30-19-8-6-18-14-28-11-10-16(18)12-19)32-23(20)34(33)21-9-7-17(13-27)22(31-21)26(2,3)4/h6-9,12,15,28H,5,10-11,14H2,1-4H3,(H,29,30,32). The molecule has 0 radical (unpaired) electrons. The summed E-state index contributed by atoms with van der Waals surface area (Å²) < 4.78 is 3.31. The molecule has 9 nitrogen and oxygen atoms in total. The Morgan fingerprint density at radius 1 is 1.17 bits per heavy atom. The topological polar surface area (TPSA) is 113 Å². The summed E-state index contributed by atoms with van der Waals surface area (Å²) in [7, 11) is 0. The number of nitrogens with zero attached hydrogens (tertiary/aromatic N) is 6. The summed E-state index contributed by atoms with van der Waals surface area (Å²) in [6, 6.07) is 12.0. The number of nitriles is 1. The Bertz CT molecular complexity index is 1530. The zero-order chi connectivity index (χ0) is 24.7. The highest BCUT2D eigenvalue weighted by molar-refractivity contribution is 5.77. The molecule has 0 fully saturated rings. The molecule has 3 aromatic heterocycles. The quantitative estimate of drug-likeness (QED) is 0.471. The number of benzene rings is 1. The van der Waals surface area contributed by atoms with Crippen molar-refractivity contribution in [3.63, 3.8) is 0 Å². The number of hydrogen-bond donors (Lipinski definition) is 2. The van der Waals surface area contributed by atoms with Crippen molar-refractivity contribution >= 4 is 22.7 Å². The average molecular weight is 469 g/mol. The lowest BCUT2D eigenvalue weighted by molar-refractivity contribution is 0.544. The van der Waals surface area contributed by atoms with Gasteiger partial charge in [0.1, 0.15) is 11.5 Å². The molecule has 9 heteroatoms. The third-order valence-electron chi connectivity index (χ3n) is 6.25. The first-order chi connectivity index (χ1) is 16.8. The first kappa shape index (κ1) is 22.7. The second-order valence-electron chi connectivity index (χ2n) is 9.73. The Kier molecular flexibility index (Phi) is 5.61. The van der Waals surface area contributed by atoms with Crippen LogP contribution in [-0.4, -0.2) is 30.9 Å². The van der Waals surface area contributed by atoms with E-state index in [0.29, 0.717) is 40.6 Å². The predicted octanol–water partition coefficient (Wildman–Crippen LogP) is 3.56. The third-order valence-corrected chi connectivity index (χ3v) is 6.25. The molecule has 2 N–H and O–H groups in total. The van der Waals surface area contributed by atoms with Crippen LogP contribution in [0, 0.1) is 11.3 Å². The Balaban J connectivity index is 1.63. The van der Waals surface area contributed by atoms with Crippen LogP contribution in [0.15, 0.2) is 41.3 Å². The summed E-state index contributed by atoms with van der Waals surface area (Å²) in [4.78, 5) is 27.1. The third kappa shape index (κ3) is 4.06. The largest absolute Gasteiger partial charge is 0.324 e. The molecular weight excluding hydrogens is 440 g/mol.